The summed E-state index contributed by atoms with van der Waals surface area (Å²) in [4.78, 5) is 0. The highest BCUT2D eigenvalue weighted by molar-refractivity contribution is 6.30. The summed E-state index contributed by atoms with van der Waals surface area (Å²) in [6, 6.07) is 13.8. The number of allylic oxidation sites excluding steroid dienone is 1. The van der Waals surface area contributed by atoms with Gasteiger partial charge in [-0.3, -0.25) is 0 Å². The monoisotopic (exact) mass is 435 g/mol. The Labute approximate surface area is 185 Å². The molecule has 2 aromatic rings. The maximum Gasteiger partial charge on any atom is 0.166 e. The van der Waals surface area contributed by atoms with E-state index in [0.717, 1.165) is 47.2 Å². The van der Waals surface area contributed by atoms with Crippen LogP contribution in [0.1, 0.15) is 50.2 Å². The highest BCUT2D eigenvalue weighted by atomic mass is 35.5. The average molecular weight is 436 g/mol. The molecule has 0 aromatic heterocycles. The first-order valence-corrected chi connectivity index (χ1v) is 10.6. The average Bonchev–Trinajstić information content (AvgIpc) is 2.73. The number of ether oxygens (including phenoxy) is 2. The molecule has 2 aromatic carbocycles. The van der Waals surface area contributed by atoms with Crippen LogP contribution in [0.2, 0.25) is 5.02 Å². The zero-order valence-electron chi connectivity index (χ0n) is 17.1. The minimum atomic E-state index is 0. The van der Waals surface area contributed by atoms with Crippen LogP contribution in [-0.4, -0.2) is 13.2 Å². The molecule has 1 aliphatic carbocycles. The summed E-state index contributed by atoms with van der Waals surface area (Å²) in [5.74, 6) is 1.62. The molecule has 0 saturated carbocycles. The third-order valence-corrected chi connectivity index (χ3v) is 5.23. The second-order valence-corrected chi connectivity index (χ2v) is 7.56. The lowest BCUT2D eigenvalue weighted by Gasteiger charge is -2.17. The molecule has 3 nitrogen and oxygen atoms in total. The second-order valence-electron chi connectivity index (χ2n) is 7.13. The van der Waals surface area contributed by atoms with Crippen LogP contribution in [0.25, 0.3) is 0 Å². The molecule has 0 unspecified atom stereocenters. The third kappa shape index (κ3) is 7.58. The number of rotatable bonds is 10. The van der Waals surface area contributed by atoms with Crippen LogP contribution < -0.4 is 14.8 Å². The Morgan fingerprint density at radius 2 is 1.86 bits per heavy atom. The van der Waals surface area contributed by atoms with Crippen LogP contribution in [0.15, 0.2) is 54.1 Å². The Balaban J connectivity index is 0.00000300. The SMILES string of the molecule is CCOc1cccc(CNCCC2=CCCCC2)c1OCc1ccc(Cl)cc1.Cl. The topological polar surface area (TPSA) is 30.5 Å². The van der Waals surface area contributed by atoms with E-state index in [1.807, 2.05) is 43.3 Å². The maximum atomic E-state index is 6.17. The molecule has 0 radical (unpaired) electrons. The van der Waals surface area contributed by atoms with Crippen LogP contribution in [0, 0.1) is 0 Å². The van der Waals surface area contributed by atoms with Crippen LogP contribution in [0.4, 0.5) is 0 Å². The van der Waals surface area contributed by atoms with Gasteiger partial charge in [0.1, 0.15) is 6.61 Å². The lowest BCUT2D eigenvalue weighted by Crippen LogP contribution is -2.16. The van der Waals surface area contributed by atoms with E-state index in [1.54, 1.807) is 5.57 Å². The van der Waals surface area contributed by atoms with Crippen molar-refractivity contribution in [3.05, 3.63) is 70.3 Å². The first-order valence-electron chi connectivity index (χ1n) is 10.3. The summed E-state index contributed by atoms with van der Waals surface area (Å²) < 4.78 is 12.0. The first-order chi connectivity index (χ1) is 13.8. The third-order valence-electron chi connectivity index (χ3n) is 4.98. The molecule has 0 spiro atoms. The predicted molar refractivity (Wildman–Crippen MR) is 124 cm³/mol. The van der Waals surface area contributed by atoms with Gasteiger partial charge in [0, 0.05) is 17.1 Å². The summed E-state index contributed by atoms with van der Waals surface area (Å²) in [7, 11) is 0. The maximum absolute atomic E-state index is 6.17. The fourth-order valence-electron chi connectivity index (χ4n) is 3.47. The molecule has 0 aliphatic heterocycles. The summed E-state index contributed by atoms with van der Waals surface area (Å²) >= 11 is 5.97. The van der Waals surface area contributed by atoms with E-state index >= 15 is 0 Å². The molecular formula is C24H31Cl2NO2. The highest BCUT2D eigenvalue weighted by Crippen LogP contribution is 2.32. The molecule has 0 saturated heterocycles. The smallest absolute Gasteiger partial charge is 0.166 e. The van der Waals surface area contributed by atoms with E-state index in [9.17, 15) is 0 Å². The Morgan fingerprint density at radius 3 is 2.59 bits per heavy atom. The Bertz CT molecular complexity index is 775. The van der Waals surface area contributed by atoms with Gasteiger partial charge in [0.2, 0.25) is 0 Å². The number of hydrogen-bond acceptors (Lipinski definition) is 3. The molecule has 0 heterocycles. The minimum absolute atomic E-state index is 0. The van der Waals surface area contributed by atoms with Crippen molar-refractivity contribution in [2.24, 2.45) is 0 Å². The van der Waals surface area contributed by atoms with Gasteiger partial charge in [-0.25, -0.2) is 0 Å². The molecule has 0 bridgehead atoms. The van der Waals surface area contributed by atoms with Crippen molar-refractivity contribution in [3.8, 4) is 11.5 Å². The van der Waals surface area contributed by atoms with Crippen molar-refractivity contribution >= 4 is 24.0 Å². The van der Waals surface area contributed by atoms with E-state index in [-0.39, 0.29) is 12.4 Å². The normalized spacial score (nSPS) is 13.4. The first kappa shape index (κ1) is 23.6. The van der Waals surface area contributed by atoms with Crippen molar-refractivity contribution in [3.63, 3.8) is 0 Å². The van der Waals surface area contributed by atoms with E-state index in [4.69, 9.17) is 21.1 Å². The lowest BCUT2D eigenvalue weighted by atomic mass is 9.97. The predicted octanol–water partition coefficient (Wildman–Crippen LogP) is 6.72. The lowest BCUT2D eigenvalue weighted by molar-refractivity contribution is 0.266. The molecule has 29 heavy (non-hydrogen) atoms. The second kappa shape index (κ2) is 12.8. The molecule has 3 rings (SSSR count). The van der Waals surface area contributed by atoms with Gasteiger partial charge in [-0.15, -0.1) is 12.4 Å². The van der Waals surface area contributed by atoms with Crippen LogP contribution in [0.3, 0.4) is 0 Å². The molecule has 0 atom stereocenters. The summed E-state index contributed by atoms with van der Waals surface area (Å²) in [5.41, 5.74) is 3.80. The van der Waals surface area contributed by atoms with Gasteiger partial charge < -0.3 is 14.8 Å². The molecule has 5 heteroatoms. The molecule has 0 fully saturated rings. The summed E-state index contributed by atoms with van der Waals surface area (Å²) in [6.07, 6.45) is 8.74. The zero-order chi connectivity index (χ0) is 19.6. The van der Waals surface area contributed by atoms with Gasteiger partial charge in [0.25, 0.3) is 0 Å². The van der Waals surface area contributed by atoms with Gasteiger partial charge in [-0.1, -0.05) is 47.5 Å². The van der Waals surface area contributed by atoms with Crippen LogP contribution in [0.5, 0.6) is 11.5 Å². The molecule has 158 valence electrons. The fourth-order valence-corrected chi connectivity index (χ4v) is 3.60. The molecule has 1 N–H and O–H groups in total. The van der Waals surface area contributed by atoms with Gasteiger partial charge >= 0.3 is 0 Å². The number of benzene rings is 2. The van der Waals surface area contributed by atoms with Crippen molar-refractivity contribution in [2.75, 3.05) is 13.2 Å². The molecule has 1 aliphatic rings. The van der Waals surface area contributed by atoms with Gasteiger partial charge in [-0.2, -0.15) is 0 Å². The number of para-hydroxylation sites is 1. The standard InChI is InChI=1S/C24H30ClNO2.ClH/c1-2-27-23-10-6-9-21(17-26-16-15-19-7-4-3-5-8-19)24(23)28-18-20-11-13-22(25)14-12-20;/h6-7,9-14,26H,2-5,8,15-18H2,1H3;1H. The van der Waals surface area contributed by atoms with Crippen molar-refractivity contribution in [1.82, 2.24) is 5.32 Å². The largest absolute Gasteiger partial charge is 0.490 e. The molecular weight excluding hydrogens is 405 g/mol. The Morgan fingerprint density at radius 1 is 1.03 bits per heavy atom. The van der Waals surface area contributed by atoms with Crippen molar-refractivity contribution < 1.29 is 9.47 Å². The highest BCUT2D eigenvalue weighted by Gasteiger charge is 2.12. The van der Waals surface area contributed by atoms with Gasteiger partial charge in [0.05, 0.1) is 6.61 Å². The van der Waals surface area contributed by atoms with Gasteiger partial charge in [-0.05, 0) is 69.3 Å². The quantitative estimate of drug-likeness (QED) is 0.331. The van der Waals surface area contributed by atoms with Crippen LogP contribution >= 0.6 is 24.0 Å². The number of hydrogen-bond donors (Lipinski definition) is 1. The van der Waals surface area contributed by atoms with E-state index in [0.29, 0.717) is 13.2 Å². The number of halogens is 2. The van der Waals surface area contributed by atoms with Crippen LogP contribution in [-0.2, 0) is 13.2 Å². The molecule has 0 amide bonds. The Hall–Kier alpha value is -1.68. The van der Waals surface area contributed by atoms with Gasteiger partial charge in [0.15, 0.2) is 11.5 Å². The van der Waals surface area contributed by atoms with E-state index in [2.05, 4.69) is 17.5 Å². The fraction of sp³-hybridized carbons (Fsp3) is 0.417. The summed E-state index contributed by atoms with van der Waals surface area (Å²) in [6.45, 7) is 4.85. The van der Waals surface area contributed by atoms with E-state index < -0.39 is 0 Å². The van der Waals surface area contributed by atoms with E-state index in [1.165, 1.54) is 25.7 Å². The van der Waals surface area contributed by atoms with Crippen molar-refractivity contribution in [1.29, 1.82) is 0 Å². The van der Waals surface area contributed by atoms with Crippen molar-refractivity contribution in [2.45, 2.75) is 52.2 Å². The minimum Gasteiger partial charge on any atom is -0.490 e. The summed E-state index contributed by atoms with van der Waals surface area (Å²) in [5, 5.41) is 4.30. The zero-order valence-corrected chi connectivity index (χ0v) is 18.7. The number of nitrogens with one attached hydrogen (secondary N) is 1. The Kier molecular flexibility index (Phi) is 10.4.